The molecule has 1 N–H and O–H groups in total. The second kappa shape index (κ2) is 5.27. The number of aliphatic hydroxyl groups is 1. The van der Waals surface area contributed by atoms with Gasteiger partial charge in [-0.05, 0) is 79.6 Å². The van der Waals surface area contributed by atoms with Crippen LogP contribution in [0.15, 0.2) is 12.2 Å². The first kappa shape index (κ1) is 16.5. The summed E-state index contributed by atoms with van der Waals surface area (Å²) < 4.78 is 0. The Morgan fingerprint density at radius 1 is 1.21 bits per heavy atom. The number of rotatable bonds is 1. The van der Waals surface area contributed by atoms with E-state index in [9.17, 15) is 14.7 Å². The third-order valence-corrected chi connectivity index (χ3v) is 8.46. The van der Waals surface area contributed by atoms with Gasteiger partial charge in [0.25, 0.3) is 0 Å². The molecule has 0 bridgehead atoms. The molecule has 0 aliphatic heterocycles. The minimum atomic E-state index is -0.359. The summed E-state index contributed by atoms with van der Waals surface area (Å²) >= 11 is 0. The molecule has 0 aromatic heterocycles. The predicted molar refractivity (Wildman–Crippen MR) is 92.2 cm³/mol. The van der Waals surface area contributed by atoms with Crippen LogP contribution in [0.1, 0.15) is 59.3 Å². The zero-order valence-corrected chi connectivity index (χ0v) is 15.1. The van der Waals surface area contributed by atoms with Crippen LogP contribution in [-0.2, 0) is 9.59 Å². The summed E-state index contributed by atoms with van der Waals surface area (Å²) in [5, 5.41) is 11.2. The number of fused-ring (bicyclic) bond motifs is 5. The summed E-state index contributed by atoms with van der Waals surface area (Å²) in [6, 6.07) is 0. The van der Waals surface area contributed by atoms with Gasteiger partial charge in [0.2, 0.25) is 0 Å². The van der Waals surface area contributed by atoms with Crippen LogP contribution >= 0.6 is 0 Å². The molecule has 0 aromatic carbocycles. The van der Waals surface area contributed by atoms with Crippen molar-refractivity contribution in [1.29, 1.82) is 0 Å². The average Bonchev–Trinajstić information content (AvgIpc) is 2.84. The van der Waals surface area contributed by atoms with Gasteiger partial charge in [0.15, 0.2) is 5.78 Å². The monoisotopic (exact) mass is 330 g/mol. The number of hydrogen-bond acceptors (Lipinski definition) is 3. The summed E-state index contributed by atoms with van der Waals surface area (Å²) in [6.07, 6.45) is 9.19. The topological polar surface area (TPSA) is 54.4 Å². The van der Waals surface area contributed by atoms with Crippen LogP contribution in [0.2, 0.25) is 0 Å². The molecule has 3 fully saturated rings. The lowest BCUT2D eigenvalue weighted by atomic mass is 9.45. The molecule has 4 rings (SSSR count). The van der Waals surface area contributed by atoms with E-state index in [1.807, 2.05) is 0 Å². The van der Waals surface area contributed by atoms with Gasteiger partial charge in [0, 0.05) is 12.3 Å². The maximum absolute atomic E-state index is 12.2. The second-order valence-electron chi connectivity index (χ2n) is 9.46. The Hall–Kier alpha value is -0.960. The van der Waals surface area contributed by atoms with Crippen LogP contribution in [0, 0.1) is 40.4 Å². The standard InChI is InChI=1S/C21H30O3/c1-12(22)16-6-7-17-15-5-4-13-10-14(23)8-9-20(13,2)19(15)18(24)11-21(16,17)3/h8-9,13,15-19,24H,4-7,10-11H2,1-3H3/t13-,15+,16-,17-,18+,19-,20-,21+/m0/s1. The fraction of sp³-hybridized carbons (Fsp3) is 0.810. The van der Waals surface area contributed by atoms with Crippen molar-refractivity contribution in [2.24, 2.45) is 40.4 Å². The lowest BCUT2D eigenvalue weighted by molar-refractivity contribution is -0.155. The smallest absolute Gasteiger partial charge is 0.155 e. The van der Waals surface area contributed by atoms with Crippen molar-refractivity contribution >= 4 is 11.6 Å². The van der Waals surface area contributed by atoms with Gasteiger partial charge in [-0.2, -0.15) is 0 Å². The molecule has 0 heterocycles. The fourth-order valence-electron chi connectivity index (χ4n) is 7.43. The highest BCUT2D eigenvalue weighted by Crippen LogP contribution is 2.66. The van der Waals surface area contributed by atoms with Crippen LogP contribution in [0.3, 0.4) is 0 Å². The zero-order valence-electron chi connectivity index (χ0n) is 15.1. The number of hydrogen-bond donors (Lipinski definition) is 1. The lowest BCUT2D eigenvalue weighted by Gasteiger charge is -2.60. The Morgan fingerprint density at radius 2 is 1.96 bits per heavy atom. The van der Waals surface area contributed by atoms with Crippen molar-refractivity contribution < 1.29 is 14.7 Å². The van der Waals surface area contributed by atoms with Crippen molar-refractivity contribution in [3.63, 3.8) is 0 Å². The van der Waals surface area contributed by atoms with Crippen molar-refractivity contribution in [2.45, 2.75) is 65.4 Å². The molecule has 8 atom stereocenters. The Labute approximate surface area is 144 Å². The number of allylic oxidation sites excluding steroid dienone is 2. The highest BCUT2D eigenvalue weighted by atomic mass is 16.3. The third-order valence-electron chi connectivity index (χ3n) is 8.46. The van der Waals surface area contributed by atoms with Crippen molar-refractivity contribution in [3.8, 4) is 0 Å². The average molecular weight is 330 g/mol. The molecule has 4 aliphatic carbocycles. The molecule has 24 heavy (non-hydrogen) atoms. The first-order valence-corrected chi connectivity index (χ1v) is 9.68. The normalized spacial score (nSPS) is 53.2. The molecule has 4 aliphatic rings. The van der Waals surface area contributed by atoms with Crippen LogP contribution in [0.4, 0.5) is 0 Å². The van der Waals surface area contributed by atoms with Crippen LogP contribution in [0.25, 0.3) is 0 Å². The maximum Gasteiger partial charge on any atom is 0.155 e. The Morgan fingerprint density at radius 3 is 2.67 bits per heavy atom. The minimum absolute atomic E-state index is 0.0379. The Kier molecular flexibility index (Phi) is 3.62. The predicted octanol–water partition coefficient (Wildman–Crippen LogP) is 3.55. The van der Waals surface area contributed by atoms with Crippen LogP contribution in [0.5, 0.6) is 0 Å². The van der Waals surface area contributed by atoms with Crippen molar-refractivity contribution in [1.82, 2.24) is 0 Å². The van der Waals surface area contributed by atoms with Gasteiger partial charge in [-0.1, -0.05) is 19.9 Å². The summed E-state index contributed by atoms with van der Waals surface area (Å²) in [5.41, 5.74) is -0.101. The fourth-order valence-corrected chi connectivity index (χ4v) is 7.43. The molecule has 3 heteroatoms. The molecule has 132 valence electrons. The van der Waals surface area contributed by atoms with E-state index in [1.54, 1.807) is 13.0 Å². The SMILES string of the molecule is CC(=O)[C@@H]1CC[C@H]2[C@H]3CC[C@H]4CC(=O)C=C[C@]4(C)[C@@H]3[C@H](O)C[C@]12C. The molecular formula is C21H30O3. The molecule has 0 saturated heterocycles. The van der Waals surface area contributed by atoms with Gasteiger partial charge in [-0.3, -0.25) is 9.59 Å². The summed E-state index contributed by atoms with van der Waals surface area (Å²) in [5.74, 6) is 2.31. The number of aliphatic hydroxyl groups excluding tert-OH is 1. The lowest BCUT2D eigenvalue weighted by Crippen LogP contribution is -2.58. The minimum Gasteiger partial charge on any atom is -0.393 e. The van der Waals surface area contributed by atoms with E-state index < -0.39 is 0 Å². The number of Topliss-reactive ketones (excluding diaryl/α,β-unsaturated/α-hetero) is 1. The summed E-state index contributed by atoms with van der Waals surface area (Å²) in [7, 11) is 0. The van der Waals surface area contributed by atoms with E-state index >= 15 is 0 Å². The van der Waals surface area contributed by atoms with Gasteiger partial charge < -0.3 is 5.11 Å². The third kappa shape index (κ3) is 2.06. The van der Waals surface area contributed by atoms with E-state index in [2.05, 4.69) is 19.9 Å². The molecular weight excluding hydrogens is 300 g/mol. The quantitative estimate of drug-likeness (QED) is 0.800. The zero-order chi connectivity index (χ0) is 17.3. The van der Waals surface area contributed by atoms with E-state index in [1.165, 1.54) is 0 Å². The van der Waals surface area contributed by atoms with E-state index in [4.69, 9.17) is 0 Å². The van der Waals surface area contributed by atoms with Gasteiger partial charge in [0.05, 0.1) is 6.10 Å². The van der Waals surface area contributed by atoms with E-state index in [0.29, 0.717) is 30.0 Å². The first-order chi connectivity index (χ1) is 11.3. The molecule has 0 amide bonds. The molecule has 3 nitrogen and oxygen atoms in total. The largest absolute Gasteiger partial charge is 0.393 e. The van der Waals surface area contributed by atoms with Gasteiger partial charge in [0.1, 0.15) is 5.78 Å². The highest BCUT2D eigenvalue weighted by Gasteiger charge is 2.63. The molecule has 0 aromatic rings. The Bertz CT molecular complexity index is 608. The number of carbonyl (C=O) groups excluding carboxylic acids is 2. The van der Waals surface area contributed by atoms with Gasteiger partial charge >= 0.3 is 0 Å². The first-order valence-electron chi connectivity index (χ1n) is 9.68. The summed E-state index contributed by atoms with van der Waals surface area (Å²) in [4.78, 5) is 24.0. The highest BCUT2D eigenvalue weighted by molar-refractivity contribution is 5.91. The molecule has 3 saturated carbocycles. The molecule has 0 unspecified atom stereocenters. The summed E-state index contributed by atoms with van der Waals surface area (Å²) in [6.45, 7) is 6.25. The van der Waals surface area contributed by atoms with Crippen LogP contribution in [-0.4, -0.2) is 22.8 Å². The van der Waals surface area contributed by atoms with Gasteiger partial charge in [-0.15, -0.1) is 0 Å². The number of carbonyl (C=O) groups is 2. The van der Waals surface area contributed by atoms with E-state index in [-0.39, 0.29) is 34.6 Å². The Balaban J connectivity index is 1.72. The molecule has 0 radical (unpaired) electrons. The van der Waals surface area contributed by atoms with Crippen LogP contribution < -0.4 is 0 Å². The second-order valence-corrected chi connectivity index (χ2v) is 9.46. The van der Waals surface area contributed by atoms with E-state index in [0.717, 1.165) is 32.1 Å². The van der Waals surface area contributed by atoms with Gasteiger partial charge in [-0.25, -0.2) is 0 Å². The maximum atomic E-state index is 12.2. The van der Waals surface area contributed by atoms with Crippen molar-refractivity contribution in [3.05, 3.63) is 12.2 Å². The molecule has 0 spiro atoms. The number of ketones is 2. The van der Waals surface area contributed by atoms with Crippen molar-refractivity contribution in [2.75, 3.05) is 0 Å².